The van der Waals surface area contributed by atoms with Gasteiger partial charge in [0.1, 0.15) is 11.0 Å². The van der Waals surface area contributed by atoms with Crippen LogP contribution in [-0.4, -0.2) is 68.0 Å². The molecule has 1 unspecified atom stereocenters. The SMILES string of the molecule is O=C(O)N1CCC2(CC1)CN(C(=O)c1ccc3n[nH]nc3c1)C2Cc1cccc(Cl)c1. The number of hydrogen-bond acceptors (Lipinski definition) is 4. The molecule has 2 fully saturated rings. The van der Waals surface area contributed by atoms with E-state index in [0.717, 1.165) is 18.4 Å². The molecule has 2 aliphatic heterocycles. The van der Waals surface area contributed by atoms with Crippen LogP contribution in [0.4, 0.5) is 4.79 Å². The lowest BCUT2D eigenvalue weighted by Crippen LogP contribution is -2.69. The molecule has 9 heteroatoms. The van der Waals surface area contributed by atoms with Crippen molar-refractivity contribution in [1.29, 1.82) is 0 Å². The van der Waals surface area contributed by atoms with Crippen LogP contribution in [0.2, 0.25) is 5.02 Å². The Bertz CT molecular complexity index is 1150. The predicted molar refractivity (Wildman–Crippen MR) is 115 cm³/mol. The number of carboxylic acid groups (broad SMARTS) is 1. The average Bonchev–Trinajstić information content (AvgIpc) is 3.24. The first-order chi connectivity index (χ1) is 14.9. The minimum atomic E-state index is -0.880. The number of piperidine rings is 1. The van der Waals surface area contributed by atoms with E-state index in [2.05, 4.69) is 15.4 Å². The highest BCUT2D eigenvalue weighted by atomic mass is 35.5. The zero-order chi connectivity index (χ0) is 21.6. The number of nitrogens with zero attached hydrogens (tertiary/aromatic N) is 4. The number of benzene rings is 2. The second-order valence-corrected chi connectivity index (χ2v) is 8.88. The molecule has 1 atom stereocenters. The Hall–Kier alpha value is -3.13. The van der Waals surface area contributed by atoms with Crippen LogP contribution >= 0.6 is 11.6 Å². The van der Waals surface area contributed by atoms with Crippen molar-refractivity contribution in [2.45, 2.75) is 25.3 Å². The van der Waals surface area contributed by atoms with Gasteiger partial charge in [-0.05, 0) is 55.2 Å². The first-order valence-corrected chi connectivity index (χ1v) is 10.7. The number of aromatic amines is 1. The van der Waals surface area contributed by atoms with Crippen LogP contribution < -0.4 is 0 Å². The van der Waals surface area contributed by atoms with E-state index in [1.165, 1.54) is 4.90 Å². The van der Waals surface area contributed by atoms with Gasteiger partial charge in [-0.3, -0.25) is 4.79 Å². The van der Waals surface area contributed by atoms with E-state index in [4.69, 9.17) is 11.6 Å². The number of rotatable bonds is 3. The fraction of sp³-hybridized carbons (Fsp3) is 0.364. The third-order valence-corrected chi connectivity index (χ3v) is 6.98. The number of carbonyl (C=O) groups excluding carboxylic acids is 1. The number of aromatic nitrogens is 3. The predicted octanol–water partition coefficient (Wildman–Crippen LogP) is 3.44. The summed E-state index contributed by atoms with van der Waals surface area (Å²) in [5.74, 6) is -0.0387. The summed E-state index contributed by atoms with van der Waals surface area (Å²) in [6, 6.07) is 13.0. The van der Waals surface area contributed by atoms with Crippen LogP contribution in [0, 0.1) is 5.41 Å². The van der Waals surface area contributed by atoms with Crippen LogP contribution in [-0.2, 0) is 6.42 Å². The van der Waals surface area contributed by atoms with Gasteiger partial charge in [-0.1, -0.05) is 23.7 Å². The molecule has 5 rings (SSSR count). The third-order valence-electron chi connectivity index (χ3n) is 6.74. The van der Waals surface area contributed by atoms with Crippen molar-refractivity contribution in [3.63, 3.8) is 0 Å². The summed E-state index contributed by atoms with van der Waals surface area (Å²) < 4.78 is 0. The van der Waals surface area contributed by atoms with E-state index < -0.39 is 6.09 Å². The van der Waals surface area contributed by atoms with E-state index in [-0.39, 0.29) is 17.4 Å². The number of amides is 2. The minimum Gasteiger partial charge on any atom is -0.465 e. The van der Waals surface area contributed by atoms with Gasteiger partial charge in [0, 0.05) is 41.7 Å². The van der Waals surface area contributed by atoms with Crippen molar-refractivity contribution in [3.05, 3.63) is 58.6 Å². The molecule has 0 bridgehead atoms. The Kier molecular flexibility index (Phi) is 4.81. The minimum absolute atomic E-state index is 0.0117. The van der Waals surface area contributed by atoms with Crippen molar-refractivity contribution < 1.29 is 14.7 Å². The van der Waals surface area contributed by atoms with Crippen LogP contribution in [0.1, 0.15) is 28.8 Å². The molecule has 2 aliphatic rings. The third kappa shape index (κ3) is 3.50. The summed E-state index contributed by atoms with van der Waals surface area (Å²) in [6.45, 7) is 1.62. The molecule has 1 aromatic heterocycles. The number of fused-ring (bicyclic) bond motifs is 1. The van der Waals surface area contributed by atoms with Gasteiger partial charge in [-0.25, -0.2) is 4.79 Å². The lowest BCUT2D eigenvalue weighted by atomic mass is 9.63. The number of nitrogens with one attached hydrogen (secondary N) is 1. The molecule has 0 aliphatic carbocycles. The van der Waals surface area contributed by atoms with Gasteiger partial charge in [0.05, 0.1) is 0 Å². The molecule has 2 saturated heterocycles. The molecular formula is C22H22ClN5O3. The molecule has 2 amide bonds. The smallest absolute Gasteiger partial charge is 0.407 e. The quantitative estimate of drug-likeness (QED) is 0.650. The van der Waals surface area contributed by atoms with Gasteiger partial charge >= 0.3 is 6.09 Å². The Morgan fingerprint density at radius 2 is 1.90 bits per heavy atom. The Balaban J connectivity index is 1.42. The van der Waals surface area contributed by atoms with Crippen LogP contribution in [0.5, 0.6) is 0 Å². The summed E-state index contributed by atoms with van der Waals surface area (Å²) in [4.78, 5) is 28.1. The highest BCUT2D eigenvalue weighted by Crippen LogP contribution is 2.48. The number of carbonyl (C=O) groups is 2. The molecule has 3 heterocycles. The molecule has 0 radical (unpaired) electrons. The van der Waals surface area contributed by atoms with Crippen molar-refractivity contribution in [3.8, 4) is 0 Å². The van der Waals surface area contributed by atoms with Crippen LogP contribution in [0.25, 0.3) is 11.0 Å². The Morgan fingerprint density at radius 1 is 1.13 bits per heavy atom. The highest BCUT2D eigenvalue weighted by Gasteiger charge is 2.55. The number of hydrogen-bond donors (Lipinski definition) is 2. The zero-order valence-electron chi connectivity index (χ0n) is 16.8. The second kappa shape index (κ2) is 7.53. The van der Waals surface area contributed by atoms with Crippen molar-refractivity contribution >= 4 is 34.6 Å². The van der Waals surface area contributed by atoms with E-state index >= 15 is 0 Å². The van der Waals surface area contributed by atoms with Crippen molar-refractivity contribution in [2.75, 3.05) is 19.6 Å². The largest absolute Gasteiger partial charge is 0.465 e. The normalized spacial score (nSPS) is 20.1. The van der Waals surface area contributed by atoms with E-state index in [1.807, 2.05) is 29.2 Å². The molecule has 1 spiro atoms. The highest BCUT2D eigenvalue weighted by molar-refractivity contribution is 6.30. The number of H-pyrrole nitrogens is 1. The van der Waals surface area contributed by atoms with Gasteiger partial charge < -0.3 is 14.9 Å². The summed E-state index contributed by atoms with van der Waals surface area (Å²) in [5, 5.41) is 20.7. The maximum Gasteiger partial charge on any atom is 0.407 e. The Labute approximate surface area is 183 Å². The van der Waals surface area contributed by atoms with E-state index in [9.17, 15) is 14.7 Å². The maximum atomic E-state index is 13.4. The second-order valence-electron chi connectivity index (χ2n) is 8.44. The zero-order valence-corrected chi connectivity index (χ0v) is 17.5. The summed E-state index contributed by atoms with van der Waals surface area (Å²) in [6.07, 6.45) is 1.30. The summed E-state index contributed by atoms with van der Waals surface area (Å²) >= 11 is 6.19. The fourth-order valence-electron chi connectivity index (χ4n) is 4.97. The molecule has 0 saturated carbocycles. The lowest BCUT2D eigenvalue weighted by molar-refractivity contribution is -0.0834. The molecule has 2 N–H and O–H groups in total. The monoisotopic (exact) mass is 439 g/mol. The summed E-state index contributed by atoms with van der Waals surface area (Å²) in [5.41, 5.74) is 2.94. The van der Waals surface area contributed by atoms with Crippen molar-refractivity contribution in [1.82, 2.24) is 25.2 Å². The molecule has 3 aromatic rings. The van der Waals surface area contributed by atoms with Gasteiger partial charge in [-0.2, -0.15) is 15.4 Å². The standard InChI is InChI=1S/C22H22ClN5O3/c23-16-3-1-2-14(10-16)11-19-22(6-8-27(9-7-22)21(30)31)13-28(19)20(29)15-4-5-17-18(12-15)25-26-24-17/h1-5,10,12,19H,6-9,11,13H2,(H,30,31)(H,24,25,26). The average molecular weight is 440 g/mol. The van der Waals surface area contributed by atoms with Crippen LogP contribution in [0.3, 0.4) is 0 Å². The first kappa shape index (κ1) is 19.8. The maximum absolute atomic E-state index is 13.4. The van der Waals surface area contributed by atoms with Gasteiger partial charge in [0.2, 0.25) is 0 Å². The van der Waals surface area contributed by atoms with Gasteiger partial charge in [-0.15, -0.1) is 0 Å². The summed E-state index contributed by atoms with van der Waals surface area (Å²) in [7, 11) is 0. The van der Waals surface area contributed by atoms with Gasteiger partial charge in [0.25, 0.3) is 5.91 Å². The molecule has 160 valence electrons. The van der Waals surface area contributed by atoms with E-state index in [1.54, 1.807) is 18.2 Å². The first-order valence-electron chi connectivity index (χ1n) is 10.3. The number of likely N-dealkylation sites (tertiary alicyclic amines) is 2. The fourth-order valence-corrected chi connectivity index (χ4v) is 5.19. The van der Waals surface area contributed by atoms with Crippen molar-refractivity contribution in [2.24, 2.45) is 5.41 Å². The van der Waals surface area contributed by atoms with Gasteiger partial charge in [0.15, 0.2) is 0 Å². The molecule has 2 aromatic carbocycles. The molecular weight excluding hydrogens is 418 g/mol. The molecule has 31 heavy (non-hydrogen) atoms. The lowest BCUT2D eigenvalue weighted by Gasteiger charge is -2.60. The van der Waals surface area contributed by atoms with Crippen LogP contribution in [0.15, 0.2) is 42.5 Å². The Morgan fingerprint density at radius 3 is 2.65 bits per heavy atom. The number of halogens is 1. The molecule has 8 nitrogen and oxygen atoms in total. The topological polar surface area (TPSA) is 102 Å². The van der Waals surface area contributed by atoms with E-state index in [0.29, 0.717) is 47.7 Å².